The number of furan rings is 1. The fourth-order valence-electron chi connectivity index (χ4n) is 2.89. The van der Waals surface area contributed by atoms with Crippen LogP contribution in [0.3, 0.4) is 0 Å². The fourth-order valence-corrected chi connectivity index (χ4v) is 4.11. The van der Waals surface area contributed by atoms with Gasteiger partial charge in [0.1, 0.15) is 11.5 Å². The third-order valence-electron chi connectivity index (χ3n) is 4.39. The Kier molecular flexibility index (Phi) is 5.81. The quantitative estimate of drug-likeness (QED) is 0.338. The molecule has 0 unspecified atom stereocenters. The minimum atomic E-state index is -0.534. The Hall–Kier alpha value is -2.80. The van der Waals surface area contributed by atoms with E-state index in [4.69, 9.17) is 27.6 Å². The standard InChI is InChI=1S/C22H13Cl2NO4S/c23-16-8-4-7-15(20(16)24)18-10-9-14(29-18)11-19-21(27)25(22(28)30-19)12-17(26)13-5-2-1-3-6-13/h1-11H,12H2/b19-11+. The molecule has 1 aromatic heterocycles. The number of carbonyl (C=O) groups excluding carboxylic acids is 3. The van der Waals surface area contributed by atoms with Gasteiger partial charge in [-0.05, 0) is 36.0 Å². The maximum atomic E-state index is 12.6. The minimum Gasteiger partial charge on any atom is -0.457 e. The number of halogens is 2. The van der Waals surface area contributed by atoms with Crippen molar-refractivity contribution >= 4 is 58.0 Å². The molecule has 1 aliphatic heterocycles. The number of carbonyl (C=O) groups is 3. The van der Waals surface area contributed by atoms with Gasteiger partial charge in [0.15, 0.2) is 5.78 Å². The Morgan fingerprint density at radius 1 is 1.00 bits per heavy atom. The summed E-state index contributed by atoms with van der Waals surface area (Å²) >= 11 is 13.0. The molecule has 2 amide bonds. The number of imide groups is 1. The number of hydrogen-bond donors (Lipinski definition) is 0. The van der Waals surface area contributed by atoms with Crippen molar-refractivity contribution in [2.45, 2.75) is 0 Å². The molecule has 0 spiro atoms. The number of Topliss-reactive ketones (excluding diaryl/α,β-unsaturated/α-hetero) is 1. The molecule has 0 atom stereocenters. The molecular weight excluding hydrogens is 445 g/mol. The zero-order valence-electron chi connectivity index (χ0n) is 15.3. The van der Waals surface area contributed by atoms with Gasteiger partial charge in [-0.3, -0.25) is 19.3 Å². The Balaban J connectivity index is 1.53. The molecule has 30 heavy (non-hydrogen) atoms. The number of hydrogen-bond acceptors (Lipinski definition) is 5. The molecule has 4 rings (SSSR count). The maximum absolute atomic E-state index is 12.6. The zero-order chi connectivity index (χ0) is 21.3. The van der Waals surface area contributed by atoms with Gasteiger partial charge in [0, 0.05) is 17.2 Å². The highest BCUT2D eigenvalue weighted by atomic mass is 35.5. The van der Waals surface area contributed by atoms with E-state index < -0.39 is 11.1 Å². The summed E-state index contributed by atoms with van der Waals surface area (Å²) in [4.78, 5) is 38.4. The van der Waals surface area contributed by atoms with E-state index in [0.29, 0.717) is 32.7 Å². The molecule has 0 saturated carbocycles. The number of rotatable bonds is 5. The number of thioether (sulfide) groups is 1. The number of nitrogens with zero attached hydrogens (tertiary/aromatic N) is 1. The Morgan fingerprint density at radius 2 is 1.77 bits per heavy atom. The zero-order valence-corrected chi connectivity index (χ0v) is 17.6. The fraction of sp³-hybridized carbons (Fsp3) is 0.0455. The van der Waals surface area contributed by atoms with Gasteiger partial charge in [-0.25, -0.2) is 0 Å². The number of benzene rings is 2. The van der Waals surface area contributed by atoms with Crippen molar-refractivity contribution in [2.24, 2.45) is 0 Å². The Labute approximate surface area is 186 Å². The SMILES string of the molecule is O=C(CN1C(=O)S/C(=C/c2ccc(-c3cccc(Cl)c3Cl)o2)C1=O)c1ccccc1. The first-order valence-corrected chi connectivity index (χ1v) is 10.4. The molecule has 0 bridgehead atoms. The summed E-state index contributed by atoms with van der Waals surface area (Å²) in [6.07, 6.45) is 1.47. The topological polar surface area (TPSA) is 67.6 Å². The molecule has 0 aliphatic carbocycles. The molecular formula is C22H13Cl2NO4S. The average molecular weight is 458 g/mol. The van der Waals surface area contributed by atoms with Crippen LogP contribution in [0.2, 0.25) is 10.0 Å². The summed E-state index contributed by atoms with van der Waals surface area (Å²) in [5.41, 5.74) is 1.06. The lowest BCUT2D eigenvalue weighted by Crippen LogP contribution is -2.33. The van der Waals surface area contributed by atoms with Crippen LogP contribution in [-0.2, 0) is 4.79 Å². The number of amides is 2. The average Bonchev–Trinajstić information content (AvgIpc) is 3.31. The monoisotopic (exact) mass is 457 g/mol. The van der Waals surface area contributed by atoms with Gasteiger partial charge in [0.2, 0.25) is 0 Å². The van der Waals surface area contributed by atoms with Crippen molar-refractivity contribution in [3.63, 3.8) is 0 Å². The second kappa shape index (κ2) is 8.52. The van der Waals surface area contributed by atoms with Crippen LogP contribution >= 0.6 is 35.0 Å². The van der Waals surface area contributed by atoms with Crippen LogP contribution in [0.15, 0.2) is 70.0 Å². The van der Waals surface area contributed by atoms with Gasteiger partial charge in [0.05, 0.1) is 21.5 Å². The van der Waals surface area contributed by atoms with Crippen LogP contribution in [0.25, 0.3) is 17.4 Å². The first-order valence-electron chi connectivity index (χ1n) is 8.82. The largest absolute Gasteiger partial charge is 0.457 e. The minimum absolute atomic E-state index is 0.180. The second-order valence-corrected chi connectivity index (χ2v) is 8.14. The molecule has 8 heteroatoms. The van der Waals surface area contributed by atoms with E-state index in [9.17, 15) is 14.4 Å². The van der Waals surface area contributed by atoms with E-state index >= 15 is 0 Å². The molecule has 1 fully saturated rings. The predicted octanol–water partition coefficient (Wildman–Crippen LogP) is 6.17. The highest BCUT2D eigenvalue weighted by Crippen LogP contribution is 2.36. The summed E-state index contributed by atoms with van der Waals surface area (Å²) in [6.45, 7) is -0.312. The van der Waals surface area contributed by atoms with Gasteiger partial charge in [-0.1, -0.05) is 59.6 Å². The second-order valence-electron chi connectivity index (χ2n) is 6.36. The van der Waals surface area contributed by atoms with Crippen molar-refractivity contribution in [3.05, 3.63) is 86.9 Å². The van der Waals surface area contributed by atoms with Crippen LogP contribution < -0.4 is 0 Å². The van der Waals surface area contributed by atoms with Crippen LogP contribution in [0.5, 0.6) is 0 Å². The molecule has 2 aromatic carbocycles. The lowest BCUT2D eigenvalue weighted by molar-refractivity contribution is -0.122. The summed E-state index contributed by atoms with van der Waals surface area (Å²) in [6, 6.07) is 17.1. The van der Waals surface area contributed by atoms with Crippen molar-refractivity contribution in [1.29, 1.82) is 0 Å². The van der Waals surface area contributed by atoms with Crippen molar-refractivity contribution < 1.29 is 18.8 Å². The summed E-state index contributed by atoms with van der Waals surface area (Å²) < 4.78 is 5.75. The molecule has 0 radical (unpaired) electrons. The van der Waals surface area contributed by atoms with Gasteiger partial charge in [-0.2, -0.15) is 0 Å². The van der Waals surface area contributed by atoms with Crippen molar-refractivity contribution in [1.82, 2.24) is 4.90 Å². The lowest BCUT2D eigenvalue weighted by Gasteiger charge is -2.11. The van der Waals surface area contributed by atoms with E-state index in [2.05, 4.69) is 0 Å². The third kappa shape index (κ3) is 4.07. The van der Waals surface area contributed by atoms with E-state index in [1.165, 1.54) is 6.08 Å². The Bertz CT molecular complexity index is 1190. The highest BCUT2D eigenvalue weighted by Gasteiger charge is 2.36. The van der Waals surface area contributed by atoms with Crippen molar-refractivity contribution in [2.75, 3.05) is 6.54 Å². The summed E-state index contributed by atoms with van der Waals surface area (Å²) in [7, 11) is 0. The molecule has 2 heterocycles. The van der Waals surface area contributed by atoms with Gasteiger partial charge < -0.3 is 4.42 Å². The number of ketones is 1. The first kappa shape index (κ1) is 20.5. The van der Waals surface area contributed by atoms with E-state index in [0.717, 1.165) is 16.7 Å². The molecule has 150 valence electrons. The normalized spacial score (nSPS) is 15.3. The van der Waals surface area contributed by atoms with E-state index in [1.807, 2.05) is 0 Å². The molecule has 3 aromatic rings. The van der Waals surface area contributed by atoms with E-state index in [1.54, 1.807) is 60.7 Å². The summed E-state index contributed by atoms with van der Waals surface area (Å²) in [5, 5.41) is 0.260. The molecule has 0 N–H and O–H groups in total. The Morgan fingerprint density at radius 3 is 2.53 bits per heavy atom. The molecule has 5 nitrogen and oxygen atoms in total. The molecule has 1 aliphatic rings. The lowest BCUT2D eigenvalue weighted by atomic mass is 10.1. The van der Waals surface area contributed by atoms with Crippen molar-refractivity contribution in [3.8, 4) is 11.3 Å². The van der Waals surface area contributed by atoms with Crippen LogP contribution in [-0.4, -0.2) is 28.4 Å². The third-order valence-corrected chi connectivity index (χ3v) is 6.11. The van der Waals surface area contributed by atoms with Gasteiger partial charge in [0.25, 0.3) is 11.1 Å². The summed E-state index contributed by atoms with van der Waals surface area (Å²) in [5.74, 6) is 0.0104. The maximum Gasteiger partial charge on any atom is 0.293 e. The predicted molar refractivity (Wildman–Crippen MR) is 118 cm³/mol. The van der Waals surface area contributed by atoms with Gasteiger partial charge in [-0.15, -0.1) is 0 Å². The molecule has 1 saturated heterocycles. The smallest absolute Gasteiger partial charge is 0.293 e. The van der Waals surface area contributed by atoms with Crippen LogP contribution in [0.1, 0.15) is 16.1 Å². The van der Waals surface area contributed by atoms with Gasteiger partial charge >= 0.3 is 0 Å². The van der Waals surface area contributed by atoms with Crippen LogP contribution in [0, 0.1) is 0 Å². The van der Waals surface area contributed by atoms with E-state index in [-0.39, 0.29) is 17.2 Å². The van der Waals surface area contributed by atoms with Crippen LogP contribution in [0.4, 0.5) is 4.79 Å². The first-order chi connectivity index (χ1) is 14.4. The highest BCUT2D eigenvalue weighted by molar-refractivity contribution is 8.18.